The third-order valence-corrected chi connectivity index (χ3v) is 7.99. The molecule has 37 heavy (non-hydrogen) atoms. The van der Waals surface area contributed by atoms with E-state index < -0.39 is 0 Å². The lowest BCUT2D eigenvalue weighted by atomic mass is 9.80. The van der Waals surface area contributed by atoms with Gasteiger partial charge in [-0.1, -0.05) is 0 Å². The van der Waals surface area contributed by atoms with E-state index >= 15 is 0 Å². The highest BCUT2D eigenvalue weighted by atomic mass is 32.1. The number of amides is 1. The van der Waals surface area contributed by atoms with Crippen molar-refractivity contribution in [3.05, 3.63) is 52.0 Å². The standard InChI is InChI=1S/C28H33N5O3S/c1-28(2,3)32(4)27(34)25-21-14-36-23-13-22(35-6)20(26-30-16-31-33(26)5)12-19(23)24(21)18(7-9-29-25)11-17-8-10-37-15-17/h8,10,12-13,15-16,18H,7,9,11,14H2,1-6H3. The Hall–Kier alpha value is -3.46. The summed E-state index contributed by atoms with van der Waals surface area (Å²) in [4.78, 5) is 24.8. The normalized spacial score (nSPS) is 17.4. The lowest BCUT2D eigenvalue weighted by Gasteiger charge is -2.34. The SMILES string of the molecule is COc1cc2c(cc1-c1ncnn1C)C1=C(CO2)C(C(=O)N(C)C(C)(C)C)=NCCC1Cc1ccsc1. The molecule has 2 aromatic heterocycles. The van der Waals surface area contributed by atoms with Crippen LogP contribution in [0.3, 0.4) is 0 Å². The number of ether oxygens (including phenoxy) is 2. The van der Waals surface area contributed by atoms with Crippen molar-refractivity contribution in [3.8, 4) is 22.9 Å². The lowest BCUT2D eigenvalue weighted by Crippen LogP contribution is -2.47. The molecule has 1 unspecified atom stereocenters. The number of carbonyl (C=O) groups is 1. The van der Waals surface area contributed by atoms with Crippen LogP contribution < -0.4 is 9.47 Å². The minimum absolute atomic E-state index is 0.0785. The van der Waals surface area contributed by atoms with Crippen LogP contribution in [0.2, 0.25) is 0 Å². The Morgan fingerprint density at radius 2 is 2.11 bits per heavy atom. The summed E-state index contributed by atoms with van der Waals surface area (Å²) in [5.41, 5.74) is 5.25. The van der Waals surface area contributed by atoms with Gasteiger partial charge in [-0.25, -0.2) is 9.67 Å². The second kappa shape index (κ2) is 9.78. The molecule has 0 aliphatic carbocycles. The first kappa shape index (κ1) is 25.2. The monoisotopic (exact) mass is 519 g/mol. The Bertz CT molecular complexity index is 1380. The van der Waals surface area contributed by atoms with Crippen molar-refractivity contribution >= 4 is 28.5 Å². The molecule has 2 aliphatic heterocycles. The molecule has 3 aromatic rings. The number of aryl methyl sites for hydroxylation is 1. The van der Waals surface area contributed by atoms with E-state index in [1.807, 2.05) is 40.9 Å². The first-order chi connectivity index (χ1) is 17.7. The summed E-state index contributed by atoms with van der Waals surface area (Å²) in [6.45, 7) is 6.97. The zero-order valence-corrected chi connectivity index (χ0v) is 23.1. The molecule has 0 radical (unpaired) electrons. The molecule has 0 spiro atoms. The van der Waals surface area contributed by atoms with Crippen LogP contribution in [0.5, 0.6) is 11.5 Å². The van der Waals surface area contributed by atoms with Crippen LogP contribution in [0.25, 0.3) is 17.0 Å². The van der Waals surface area contributed by atoms with E-state index in [-0.39, 0.29) is 24.0 Å². The second-order valence-corrected chi connectivity index (χ2v) is 11.3. The van der Waals surface area contributed by atoms with E-state index in [0.717, 1.165) is 40.9 Å². The van der Waals surface area contributed by atoms with Crippen LogP contribution in [0.15, 0.2) is 45.9 Å². The number of benzene rings is 1. The molecule has 8 nitrogen and oxygen atoms in total. The Morgan fingerprint density at radius 1 is 1.30 bits per heavy atom. The maximum atomic E-state index is 13.8. The molecule has 5 rings (SSSR count). The van der Waals surface area contributed by atoms with Crippen molar-refractivity contribution < 1.29 is 14.3 Å². The van der Waals surface area contributed by atoms with Crippen LogP contribution in [-0.4, -0.2) is 64.1 Å². The molecule has 0 fully saturated rings. The quantitative estimate of drug-likeness (QED) is 0.490. The summed E-state index contributed by atoms with van der Waals surface area (Å²) in [6, 6.07) is 6.18. The van der Waals surface area contributed by atoms with E-state index in [9.17, 15) is 4.79 Å². The number of nitrogens with zero attached hydrogens (tertiary/aromatic N) is 5. The first-order valence-electron chi connectivity index (χ1n) is 12.5. The van der Waals surface area contributed by atoms with Gasteiger partial charge in [-0.15, -0.1) is 0 Å². The number of carbonyl (C=O) groups excluding carboxylic acids is 1. The summed E-state index contributed by atoms with van der Waals surface area (Å²) < 4.78 is 13.8. The number of allylic oxidation sites excluding steroid dienone is 1. The molecule has 2 aliphatic rings. The Kier molecular flexibility index (Phi) is 6.66. The molecule has 0 N–H and O–H groups in total. The molecule has 1 amide bonds. The van der Waals surface area contributed by atoms with Gasteiger partial charge in [0, 0.05) is 43.4 Å². The fourth-order valence-electron chi connectivity index (χ4n) is 4.96. The first-order valence-corrected chi connectivity index (χ1v) is 13.4. The molecule has 194 valence electrons. The van der Waals surface area contributed by atoms with Gasteiger partial charge in [0.15, 0.2) is 5.82 Å². The van der Waals surface area contributed by atoms with E-state index in [2.05, 4.69) is 33.0 Å². The van der Waals surface area contributed by atoms with E-state index in [1.165, 1.54) is 11.9 Å². The van der Waals surface area contributed by atoms with Crippen molar-refractivity contribution in [2.45, 2.75) is 39.2 Å². The van der Waals surface area contributed by atoms with Crippen LogP contribution >= 0.6 is 11.3 Å². The van der Waals surface area contributed by atoms with Crippen molar-refractivity contribution in [1.29, 1.82) is 0 Å². The number of hydrogen-bond acceptors (Lipinski definition) is 7. The predicted octanol–water partition coefficient (Wildman–Crippen LogP) is 4.66. The van der Waals surface area contributed by atoms with Crippen LogP contribution in [0, 0.1) is 5.92 Å². The molecular formula is C28H33N5O3S. The average molecular weight is 520 g/mol. The van der Waals surface area contributed by atoms with Crippen molar-refractivity contribution in [2.24, 2.45) is 18.0 Å². The number of thiophene rings is 1. The maximum Gasteiger partial charge on any atom is 0.272 e. The summed E-state index contributed by atoms with van der Waals surface area (Å²) in [5, 5.41) is 8.57. The smallest absolute Gasteiger partial charge is 0.272 e. The van der Waals surface area contributed by atoms with Gasteiger partial charge in [0.25, 0.3) is 5.91 Å². The highest BCUT2D eigenvalue weighted by Crippen LogP contribution is 2.46. The van der Waals surface area contributed by atoms with Gasteiger partial charge in [-0.2, -0.15) is 16.4 Å². The largest absolute Gasteiger partial charge is 0.496 e. The minimum Gasteiger partial charge on any atom is -0.496 e. The van der Waals surface area contributed by atoms with Gasteiger partial charge in [-0.3, -0.25) is 9.79 Å². The molecule has 0 saturated heterocycles. The molecule has 0 saturated carbocycles. The van der Waals surface area contributed by atoms with E-state index in [1.54, 1.807) is 28.0 Å². The minimum atomic E-state index is -0.331. The van der Waals surface area contributed by atoms with Gasteiger partial charge in [-0.05, 0) is 73.6 Å². The van der Waals surface area contributed by atoms with Crippen LogP contribution in [0.4, 0.5) is 0 Å². The van der Waals surface area contributed by atoms with E-state index in [4.69, 9.17) is 14.5 Å². The van der Waals surface area contributed by atoms with Gasteiger partial charge in [0.1, 0.15) is 30.1 Å². The molecule has 9 heteroatoms. The van der Waals surface area contributed by atoms with Gasteiger partial charge >= 0.3 is 0 Å². The van der Waals surface area contributed by atoms with Crippen LogP contribution in [-0.2, 0) is 18.3 Å². The number of rotatable bonds is 5. The number of hydrogen-bond donors (Lipinski definition) is 0. The zero-order valence-electron chi connectivity index (χ0n) is 22.2. The summed E-state index contributed by atoms with van der Waals surface area (Å²) in [5.74, 6) is 2.22. The van der Waals surface area contributed by atoms with Crippen molar-refractivity contribution in [1.82, 2.24) is 19.7 Å². The Labute approximate surface area is 221 Å². The third kappa shape index (κ3) is 4.68. The molecular weight excluding hydrogens is 486 g/mol. The number of aromatic nitrogens is 3. The Morgan fingerprint density at radius 3 is 2.76 bits per heavy atom. The molecule has 0 bridgehead atoms. The fourth-order valence-corrected chi connectivity index (χ4v) is 5.64. The maximum absolute atomic E-state index is 13.8. The zero-order chi connectivity index (χ0) is 26.3. The van der Waals surface area contributed by atoms with Crippen molar-refractivity contribution in [3.63, 3.8) is 0 Å². The highest BCUT2D eigenvalue weighted by Gasteiger charge is 2.37. The van der Waals surface area contributed by atoms with Crippen LogP contribution in [0.1, 0.15) is 38.3 Å². The lowest BCUT2D eigenvalue weighted by molar-refractivity contribution is -0.126. The van der Waals surface area contributed by atoms with Gasteiger partial charge < -0.3 is 14.4 Å². The summed E-state index contributed by atoms with van der Waals surface area (Å²) in [6.07, 6.45) is 3.25. The Balaban J connectivity index is 1.70. The second-order valence-electron chi connectivity index (χ2n) is 10.5. The topological polar surface area (TPSA) is 81.8 Å². The molecule has 1 atom stereocenters. The predicted molar refractivity (Wildman–Crippen MR) is 146 cm³/mol. The van der Waals surface area contributed by atoms with Crippen molar-refractivity contribution in [2.75, 3.05) is 27.3 Å². The third-order valence-electron chi connectivity index (χ3n) is 7.26. The summed E-state index contributed by atoms with van der Waals surface area (Å²) in [7, 11) is 5.35. The number of methoxy groups -OCH3 is 1. The molecule has 4 heterocycles. The van der Waals surface area contributed by atoms with Gasteiger partial charge in [0.05, 0.1) is 12.7 Å². The highest BCUT2D eigenvalue weighted by molar-refractivity contribution is 7.07. The molecule has 1 aromatic carbocycles. The summed E-state index contributed by atoms with van der Waals surface area (Å²) >= 11 is 1.70. The number of fused-ring (bicyclic) bond motifs is 2. The fraction of sp³-hybridized carbons (Fsp3) is 0.429. The average Bonchev–Trinajstić information content (AvgIpc) is 3.50. The number of aliphatic imine (C=N–C) groups is 1. The van der Waals surface area contributed by atoms with E-state index in [0.29, 0.717) is 23.8 Å². The van der Waals surface area contributed by atoms with Gasteiger partial charge in [0.2, 0.25) is 0 Å².